The van der Waals surface area contributed by atoms with Crippen LogP contribution in [-0.2, 0) is 11.3 Å². The van der Waals surface area contributed by atoms with Crippen molar-refractivity contribution in [3.63, 3.8) is 0 Å². The molecule has 10 nitrogen and oxygen atoms in total. The molecule has 1 aliphatic heterocycles. The van der Waals surface area contributed by atoms with E-state index >= 15 is 0 Å². The predicted octanol–water partition coefficient (Wildman–Crippen LogP) is 3.68. The smallest absolute Gasteiger partial charge is 0.261 e. The van der Waals surface area contributed by atoms with Gasteiger partial charge in [0.25, 0.3) is 5.91 Å². The van der Waals surface area contributed by atoms with Gasteiger partial charge in [0.2, 0.25) is 5.91 Å². The first-order valence-electron chi connectivity index (χ1n) is 11.4. The predicted molar refractivity (Wildman–Crippen MR) is 135 cm³/mol. The van der Waals surface area contributed by atoms with Crippen LogP contribution < -0.4 is 10.1 Å². The number of hydrogen-bond donors (Lipinski definition) is 1. The summed E-state index contributed by atoms with van der Waals surface area (Å²) in [5.41, 5.74) is 2.11. The number of nitrogens with zero attached hydrogens (tertiary/aromatic N) is 6. The number of aromatic nitrogens is 5. The van der Waals surface area contributed by atoms with Crippen molar-refractivity contribution in [3.8, 4) is 17.0 Å². The average Bonchev–Trinajstić information content (AvgIpc) is 3.55. The second-order valence-corrected chi connectivity index (χ2v) is 8.94. The Labute approximate surface area is 212 Å². The molecule has 0 saturated heterocycles. The van der Waals surface area contributed by atoms with E-state index in [0.29, 0.717) is 38.9 Å². The zero-order valence-corrected chi connectivity index (χ0v) is 20.7. The Balaban J connectivity index is 1.52. The minimum Gasteiger partial charge on any atom is -0.496 e. The topological polar surface area (TPSA) is 107 Å². The molecule has 1 aliphatic rings. The van der Waals surface area contributed by atoms with Crippen molar-refractivity contribution in [3.05, 3.63) is 71.8 Å². The Morgan fingerprint density at radius 1 is 1.19 bits per heavy atom. The Bertz CT molecular complexity index is 1480. The molecule has 3 aromatic heterocycles. The number of fused-ring (bicyclic) bond motifs is 1. The number of anilines is 1. The lowest BCUT2D eigenvalue weighted by atomic mass is 10.1. The van der Waals surface area contributed by atoms with Crippen LogP contribution in [0, 0.1) is 0 Å². The van der Waals surface area contributed by atoms with Gasteiger partial charge in [-0.3, -0.25) is 14.3 Å². The number of carbonyl (C=O) groups is 2. The van der Waals surface area contributed by atoms with Gasteiger partial charge in [-0.1, -0.05) is 23.8 Å². The van der Waals surface area contributed by atoms with E-state index in [1.54, 1.807) is 54.9 Å². The number of rotatable bonds is 6. The van der Waals surface area contributed by atoms with Gasteiger partial charge in [0.15, 0.2) is 5.65 Å². The molecule has 0 aliphatic carbocycles. The third-order valence-electron chi connectivity index (χ3n) is 6.08. The SMILES string of the molecule is COc1ccc(Cl)cc1-c1nn(CC(=O)N2C(C)C=CC2C)cc1NC(=O)c1cnn2cccnc12. The standard InChI is InChI=1S/C25H24ClN7O3/c1-15-5-6-16(2)33(15)22(34)14-31-13-20(23(30-31)18-11-17(26)7-8-21(18)36-3)29-25(35)19-12-28-32-10-4-9-27-24(19)32/h4-13,15-16H,14H2,1-3H3,(H,29,35). The summed E-state index contributed by atoms with van der Waals surface area (Å²) < 4.78 is 8.55. The van der Waals surface area contributed by atoms with Gasteiger partial charge in [-0.2, -0.15) is 10.2 Å². The number of carbonyl (C=O) groups excluding carboxylic acids is 2. The van der Waals surface area contributed by atoms with Crippen molar-refractivity contribution in [2.45, 2.75) is 32.5 Å². The molecule has 1 aromatic carbocycles. The summed E-state index contributed by atoms with van der Waals surface area (Å²) in [6.45, 7) is 3.94. The summed E-state index contributed by atoms with van der Waals surface area (Å²) in [5.74, 6) is 0.0229. The molecule has 2 amide bonds. The highest BCUT2D eigenvalue weighted by atomic mass is 35.5. The number of ether oxygens (including phenoxy) is 1. The van der Waals surface area contributed by atoms with Gasteiger partial charge < -0.3 is 15.0 Å². The first-order valence-corrected chi connectivity index (χ1v) is 11.7. The van der Waals surface area contributed by atoms with E-state index in [2.05, 4.69) is 20.5 Å². The number of hydrogen-bond acceptors (Lipinski definition) is 6. The van der Waals surface area contributed by atoms with Crippen LogP contribution in [0.5, 0.6) is 5.75 Å². The summed E-state index contributed by atoms with van der Waals surface area (Å²) in [6.07, 6.45) is 10.4. The first-order chi connectivity index (χ1) is 17.4. The van der Waals surface area contributed by atoms with E-state index in [9.17, 15) is 9.59 Å². The van der Waals surface area contributed by atoms with Crippen molar-refractivity contribution in [1.29, 1.82) is 0 Å². The molecule has 0 fully saturated rings. The van der Waals surface area contributed by atoms with Gasteiger partial charge in [-0.05, 0) is 38.1 Å². The van der Waals surface area contributed by atoms with Gasteiger partial charge in [-0.25, -0.2) is 9.50 Å². The van der Waals surface area contributed by atoms with E-state index in [1.807, 2.05) is 26.0 Å². The van der Waals surface area contributed by atoms with Crippen molar-refractivity contribution in [2.75, 3.05) is 12.4 Å². The normalized spacial score (nSPS) is 17.1. The fourth-order valence-corrected chi connectivity index (χ4v) is 4.56. The third-order valence-corrected chi connectivity index (χ3v) is 6.32. The van der Waals surface area contributed by atoms with Crippen LogP contribution in [-0.4, -0.2) is 60.3 Å². The molecule has 4 aromatic rings. The van der Waals surface area contributed by atoms with Crippen molar-refractivity contribution in [1.82, 2.24) is 29.3 Å². The van der Waals surface area contributed by atoms with Crippen LogP contribution in [0.2, 0.25) is 5.02 Å². The highest BCUT2D eigenvalue weighted by Gasteiger charge is 2.28. The number of amides is 2. The Kier molecular flexibility index (Phi) is 6.19. The van der Waals surface area contributed by atoms with Crippen LogP contribution in [0.25, 0.3) is 16.9 Å². The van der Waals surface area contributed by atoms with Gasteiger partial charge in [-0.15, -0.1) is 0 Å². The van der Waals surface area contributed by atoms with Gasteiger partial charge in [0, 0.05) is 41.3 Å². The number of benzene rings is 1. The summed E-state index contributed by atoms with van der Waals surface area (Å²) in [4.78, 5) is 32.4. The van der Waals surface area contributed by atoms with Crippen LogP contribution in [0.3, 0.4) is 0 Å². The summed E-state index contributed by atoms with van der Waals surface area (Å²) in [7, 11) is 1.54. The van der Waals surface area contributed by atoms with Gasteiger partial charge >= 0.3 is 0 Å². The quantitative estimate of drug-likeness (QED) is 0.401. The molecule has 36 heavy (non-hydrogen) atoms. The second-order valence-electron chi connectivity index (χ2n) is 8.50. The first kappa shape index (κ1) is 23.6. The van der Waals surface area contributed by atoms with Crippen LogP contribution in [0.1, 0.15) is 24.2 Å². The zero-order valence-electron chi connectivity index (χ0n) is 19.9. The minimum absolute atomic E-state index is 0.000379. The van der Waals surface area contributed by atoms with Crippen LogP contribution >= 0.6 is 11.6 Å². The fraction of sp³-hybridized carbons (Fsp3) is 0.240. The Morgan fingerprint density at radius 3 is 2.72 bits per heavy atom. The molecule has 0 bridgehead atoms. The molecule has 0 spiro atoms. The van der Waals surface area contributed by atoms with E-state index < -0.39 is 5.91 Å². The largest absolute Gasteiger partial charge is 0.496 e. The molecule has 4 heterocycles. The van der Waals surface area contributed by atoms with Crippen molar-refractivity contribution in [2.24, 2.45) is 0 Å². The van der Waals surface area contributed by atoms with E-state index in [4.69, 9.17) is 16.3 Å². The van der Waals surface area contributed by atoms with Gasteiger partial charge in [0.1, 0.15) is 23.6 Å². The highest BCUT2D eigenvalue weighted by Crippen LogP contribution is 2.36. The van der Waals surface area contributed by atoms with E-state index in [-0.39, 0.29) is 24.5 Å². The number of halogens is 1. The zero-order chi connectivity index (χ0) is 25.4. The average molecular weight is 506 g/mol. The van der Waals surface area contributed by atoms with E-state index in [1.165, 1.54) is 15.4 Å². The molecule has 5 rings (SSSR count). The lowest BCUT2D eigenvalue weighted by Crippen LogP contribution is -2.41. The molecule has 184 valence electrons. The second kappa shape index (κ2) is 9.46. The molecule has 2 atom stereocenters. The van der Waals surface area contributed by atoms with Crippen LogP contribution in [0.15, 0.2) is 61.2 Å². The Hall–Kier alpha value is -4.18. The molecular weight excluding hydrogens is 482 g/mol. The maximum atomic E-state index is 13.2. The molecule has 11 heteroatoms. The third kappa shape index (κ3) is 4.31. The summed E-state index contributed by atoms with van der Waals surface area (Å²) >= 11 is 6.27. The monoisotopic (exact) mass is 505 g/mol. The van der Waals surface area contributed by atoms with Crippen molar-refractivity contribution >= 4 is 34.7 Å². The lowest BCUT2D eigenvalue weighted by Gasteiger charge is -2.26. The van der Waals surface area contributed by atoms with Crippen molar-refractivity contribution < 1.29 is 14.3 Å². The summed E-state index contributed by atoms with van der Waals surface area (Å²) in [6, 6.07) is 6.86. The molecule has 2 unspecified atom stereocenters. The molecule has 0 radical (unpaired) electrons. The maximum absolute atomic E-state index is 13.2. The maximum Gasteiger partial charge on any atom is 0.261 e. The Morgan fingerprint density at radius 2 is 1.97 bits per heavy atom. The molecular formula is C25H24ClN7O3. The van der Waals surface area contributed by atoms with E-state index in [0.717, 1.165) is 0 Å². The van der Waals surface area contributed by atoms with Gasteiger partial charge in [0.05, 0.1) is 19.0 Å². The highest BCUT2D eigenvalue weighted by molar-refractivity contribution is 6.31. The number of nitrogens with one attached hydrogen (secondary N) is 1. The number of methoxy groups -OCH3 is 1. The molecule has 1 N–H and O–H groups in total. The minimum atomic E-state index is -0.414. The summed E-state index contributed by atoms with van der Waals surface area (Å²) in [5, 5.41) is 12.2. The van der Waals surface area contributed by atoms with Crippen LogP contribution in [0.4, 0.5) is 5.69 Å². The lowest BCUT2D eigenvalue weighted by molar-refractivity contribution is -0.133. The fourth-order valence-electron chi connectivity index (χ4n) is 4.39. The molecule has 0 saturated carbocycles.